The standard InChI is InChI=1S/C39H72O6/c1-3-5-7-8-9-10-11-12-13-14-15-16-20-23-27-31-38(41)43-33-35(40)34-44-39(42)32-28-24-21-18-17-19-22-26-30-37-36(45-37)29-25-6-4-2/h22,26,35-37,40H,3-21,23-25,27-34H2,1-2H3/b26-22-/t35-,36?,37?/m1/s1. The Balaban J connectivity index is 1.80. The van der Waals surface area contributed by atoms with E-state index in [1.165, 1.54) is 116 Å². The summed E-state index contributed by atoms with van der Waals surface area (Å²) in [6, 6.07) is 0. The van der Waals surface area contributed by atoms with Gasteiger partial charge in [0.2, 0.25) is 0 Å². The largest absolute Gasteiger partial charge is 0.463 e. The zero-order valence-electron chi connectivity index (χ0n) is 29.6. The molecule has 0 aromatic rings. The molecule has 6 heteroatoms. The van der Waals surface area contributed by atoms with Gasteiger partial charge in [-0.15, -0.1) is 0 Å². The molecule has 1 rings (SSSR count). The maximum atomic E-state index is 12.0. The lowest BCUT2D eigenvalue weighted by Gasteiger charge is -2.12. The molecule has 2 unspecified atom stereocenters. The summed E-state index contributed by atoms with van der Waals surface area (Å²) in [5, 5.41) is 10.0. The van der Waals surface area contributed by atoms with Crippen molar-refractivity contribution in [2.24, 2.45) is 0 Å². The molecule has 0 spiro atoms. The molecule has 1 fully saturated rings. The summed E-state index contributed by atoms with van der Waals surface area (Å²) < 4.78 is 16.0. The molecule has 1 aliphatic rings. The van der Waals surface area contributed by atoms with E-state index in [-0.39, 0.29) is 25.2 Å². The first-order valence-corrected chi connectivity index (χ1v) is 19.4. The number of unbranched alkanes of at least 4 members (excludes halogenated alkanes) is 21. The predicted molar refractivity (Wildman–Crippen MR) is 186 cm³/mol. The number of hydrogen-bond acceptors (Lipinski definition) is 6. The molecule has 264 valence electrons. The Bertz CT molecular complexity index is 708. The lowest BCUT2D eigenvalue weighted by molar-refractivity contribution is -0.152. The molecule has 0 amide bonds. The molecule has 0 aliphatic carbocycles. The molecule has 0 aromatic heterocycles. The van der Waals surface area contributed by atoms with Crippen molar-refractivity contribution in [3.63, 3.8) is 0 Å². The first-order valence-electron chi connectivity index (χ1n) is 19.4. The molecule has 0 bridgehead atoms. The van der Waals surface area contributed by atoms with Crippen LogP contribution < -0.4 is 0 Å². The molecule has 45 heavy (non-hydrogen) atoms. The number of epoxide rings is 1. The highest BCUT2D eigenvalue weighted by atomic mass is 16.6. The van der Waals surface area contributed by atoms with Gasteiger partial charge in [0.15, 0.2) is 0 Å². The quantitative estimate of drug-likeness (QED) is 0.0327. The summed E-state index contributed by atoms with van der Waals surface area (Å²) >= 11 is 0. The Hall–Kier alpha value is -1.40. The van der Waals surface area contributed by atoms with Crippen LogP contribution in [-0.2, 0) is 23.8 Å². The highest BCUT2D eigenvalue weighted by molar-refractivity contribution is 5.69. The van der Waals surface area contributed by atoms with Gasteiger partial charge in [-0.05, 0) is 38.5 Å². The number of allylic oxidation sites excluding steroid dienone is 1. The molecule has 6 nitrogen and oxygen atoms in total. The number of ether oxygens (including phenoxy) is 3. The van der Waals surface area contributed by atoms with Crippen LogP contribution in [0.5, 0.6) is 0 Å². The maximum Gasteiger partial charge on any atom is 0.305 e. The highest BCUT2D eigenvalue weighted by Crippen LogP contribution is 2.30. The van der Waals surface area contributed by atoms with E-state index in [1.54, 1.807) is 0 Å². The number of carbonyl (C=O) groups is 2. The predicted octanol–water partition coefficient (Wildman–Crippen LogP) is 10.7. The zero-order chi connectivity index (χ0) is 32.6. The summed E-state index contributed by atoms with van der Waals surface area (Å²) in [5.41, 5.74) is 0. The molecule has 1 N–H and O–H groups in total. The van der Waals surface area contributed by atoms with Gasteiger partial charge in [0.25, 0.3) is 0 Å². The third-order valence-electron chi connectivity index (χ3n) is 8.92. The number of aliphatic hydroxyl groups is 1. The normalized spacial score (nSPS) is 16.7. The molecule has 3 atom stereocenters. The SMILES string of the molecule is CCCCCCCCCCCCCCCCCC(=O)OC[C@@H](O)COC(=O)CCCCCCC/C=C\CC1OC1CCCCC. The van der Waals surface area contributed by atoms with Crippen LogP contribution in [0.1, 0.15) is 194 Å². The van der Waals surface area contributed by atoms with Crippen molar-refractivity contribution in [3.05, 3.63) is 12.2 Å². The third-order valence-corrected chi connectivity index (χ3v) is 8.92. The summed E-state index contributed by atoms with van der Waals surface area (Å²) in [6.45, 7) is 4.26. The van der Waals surface area contributed by atoms with Crippen LogP contribution >= 0.6 is 0 Å². The Morgan fingerprint density at radius 2 is 1.00 bits per heavy atom. The minimum atomic E-state index is -0.967. The van der Waals surface area contributed by atoms with E-state index in [1.807, 2.05) is 0 Å². The molecule has 1 aliphatic heterocycles. The van der Waals surface area contributed by atoms with E-state index in [9.17, 15) is 14.7 Å². The van der Waals surface area contributed by atoms with E-state index in [2.05, 4.69) is 26.0 Å². The van der Waals surface area contributed by atoms with Crippen LogP contribution in [0.3, 0.4) is 0 Å². The minimum absolute atomic E-state index is 0.119. The van der Waals surface area contributed by atoms with Gasteiger partial charge in [-0.1, -0.05) is 154 Å². The lowest BCUT2D eigenvalue weighted by Crippen LogP contribution is -2.25. The maximum absolute atomic E-state index is 12.0. The average Bonchev–Trinajstić information content (AvgIpc) is 3.79. The number of carbonyl (C=O) groups excluding carboxylic acids is 2. The van der Waals surface area contributed by atoms with E-state index < -0.39 is 6.10 Å². The van der Waals surface area contributed by atoms with Crippen molar-refractivity contribution in [2.45, 2.75) is 212 Å². The van der Waals surface area contributed by atoms with Crippen molar-refractivity contribution >= 4 is 11.9 Å². The van der Waals surface area contributed by atoms with E-state index >= 15 is 0 Å². The zero-order valence-corrected chi connectivity index (χ0v) is 29.6. The van der Waals surface area contributed by atoms with Crippen molar-refractivity contribution in [1.82, 2.24) is 0 Å². The fourth-order valence-electron chi connectivity index (χ4n) is 5.86. The van der Waals surface area contributed by atoms with Crippen LogP contribution in [0.25, 0.3) is 0 Å². The van der Waals surface area contributed by atoms with Gasteiger partial charge in [-0.2, -0.15) is 0 Å². The highest BCUT2D eigenvalue weighted by Gasteiger charge is 2.36. The number of hydrogen-bond donors (Lipinski definition) is 1. The van der Waals surface area contributed by atoms with Crippen molar-refractivity contribution in [3.8, 4) is 0 Å². The van der Waals surface area contributed by atoms with Crippen molar-refractivity contribution in [2.75, 3.05) is 13.2 Å². The van der Waals surface area contributed by atoms with E-state index in [0.717, 1.165) is 51.4 Å². The summed E-state index contributed by atoms with van der Waals surface area (Å²) in [4.78, 5) is 23.9. The second kappa shape index (κ2) is 31.2. The third kappa shape index (κ3) is 28.5. The van der Waals surface area contributed by atoms with Gasteiger partial charge in [-0.25, -0.2) is 0 Å². The van der Waals surface area contributed by atoms with Crippen LogP contribution in [-0.4, -0.2) is 48.6 Å². The van der Waals surface area contributed by atoms with Gasteiger partial charge < -0.3 is 19.3 Å². The number of rotatable bonds is 34. The molecular weight excluding hydrogens is 564 g/mol. The Morgan fingerprint density at radius 1 is 0.578 bits per heavy atom. The fraction of sp³-hybridized carbons (Fsp3) is 0.897. The topological polar surface area (TPSA) is 85.4 Å². The molecule has 1 saturated heterocycles. The van der Waals surface area contributed by atoms with Crippen LogP contribution in [0.15, 0.2) is 12.2 Å². The Morgan fingerprint density at radius 3 is 1.49 bits per heavy atom. The monoisotopic (exact) mass is 637 g/mol. The summed E-state index contributed by atoms with van der Waals surface area (Å²) in [6.07, 6.45) is 37.2. The van der Waals surface area contributed by atoms with Crippen LogP contribution in [0, 0.1) is 0 Å². The molecule has 1 heterocycles. The smallest absolute Gasteiger partial charge is 0.305 e. The van der Waals surface area contributed by atoms with Crippen LogP contribution in [0.2, 0.25) is 0 Å². The number of esters is 2. The molecule has 0 saturated carbocycles. The Kier molecular flexibility index (Phi) is 28.9. The van der Waals surface area contributed by atoms with Gasteiger partial charge >= 0.3 is 11.9 Å². The fourth-order valence-corrected chi connectivity index (χ4v) is 5.86. The van der Waals surface area contributed by atoms with Gasteiger partial charge in [-0.3, -0.25) is 9.59 Å². The Labute approximate surface area is 277 Å². The van der Waals surface area contributed by atoms with E-state index in [4.69, 9.17) is 14.2 Å². The molecular formula is C39H72O6. The average molecular weight is 637 g/mol. The van der Waals surface area contributed by atoms with Crippen molar-refractivity contribution in [1.29, 1.82) is 0 Å². The van der Waals surface area contributed by atoms with Gasteiger partial charge in [0.05, 0.1) is 12.2 Å². The van der Waals surface area contributed by atoms with E-state index in [0.29, 0.717) is 25.0 Å². The van der Waals surface area contributed by atoms with Crippen molar-refractivity contribution < 1.29 is 28.9 Å². The van der Waals surface area contributed by atoms with Gasteiger partial charge in [0, 0.05) is 12.8 Å². The van der Waals surface area contributed by atoms with Crippen LogP contribution in [0.4, 0.5) is 0 Å². The second-order valence-corrected chi connectivity index (χ2v) is 13.4. The minimum Gasteiger partial charge on any atom is -0.463 e. The molecule has 0 aromatic carbocycles. The summed E-state index contributed by atoms with van der Waals surface area (Å²) in [7, 11) is 0. The first kappa shape index (κ1) is 41.6. The first-order chi connectivity index (χ1) is 22.1. The lowest BCUT2D eigenvalue weighted by atomic mass is 10.0. The van der Waals surface area contributed by atoms with Gasteiger partial charge in [0.1, 0.15) is 19.3 Å². The second-order valence-electron chi connectivity index (χ2n) is 13.4. The number of aliphatic hydroxyl groups excluding tert-OH is 1. The summed E-state index contributed by atoms with van der Waals surface area (Å²) in [5.74, 6) is -0.578. The molecule has 0 radical (unpaired) electrons.